The summed E-state index contributed by atoms with van der Waals surface area (Å²) < 4.78 is 4.76. The molecule has 0 saturated carbocycles. The summed E-state index contributed by atoms with van der Waals surface area (Å²) in [5.41, 5.74) is 20.9. The van der Waals surface area contributed by atoms with Gasteiger partial charge in [0.15, 0.2) is 34.9 Å². The first-order valence-corrected chi connectivity index (χ1v) is 30.9. The Balaban J connectivity index is 0.707. The summed E-state index contributed by atoms with van der Waals surface area (Å²) in [6.45, 7) is 0. The molecule has 430 valence electrons. The molecule has 0 spiro atoms. The van der Waals surface area contributed by atoms with Gasteiger partial charge in [0.25, 0.3) is 0 Å². The second-order valence-electron chi connectivity index (χ2n) is 23.1. The Bertz CT molecular complexity index is 5550. The van der Waals surface area contributed by atoms with Gasteiger partial charge in [-0.2, -0.15) is 0 Å². The van der Waals surface area contributed by atoms with Gasteiger partial charge in [-0.05, 0) is 117 Å². The summed E-state index contributed by atoms with van der Waals surface area (Å²) in [4.78, 5) is 30.7. The summed E-state index contributed by atoms with van der Waals surface area (Å²) in [6, 6.07) is 115. The lowest BCUT2D eigenvalue weighted by atomic mass is 9.97. The number of hydrogen-bond donors (Lipinski definition) is 0. The smallest absolute Gasteiger partial charge is 0.164 e. The van der Waals surface area contributed by atoms with Gasteiger partial charge >= 0.3 is 0 Å². The van der Waals surface area contributed by atoms with Crippen molar-refractivity contribution in [2.75, 3.05) is 0 Å². The summed E-state index contributed by atoms with van der Waals surface area (Å²) in [6.07, 6.45) is 0. The van der Waals surface area contributed by atoms with E-state index in [1.165, 1.54) is 32.6 Å². The molecular weight excluding hydrogens is 1120 g/mol. The first-order valence-electron chi connectivity index (χ1n) is 30.9. The molecule has 8 nitrogen and oxygen atoms in total. The summed E-state index contributed by atoms with van der Waals surface area (Å²) >= 11 is 0. The summed E-state index contributed by atoms with van der Waals surface area (Å²) in [5, 5.41) is 4.83. The van der Waals surface area contributed by atoms with Crippen molar-refractivity contribution in [2.24, 2.45) is 0 Å². The van der Waals surface area contributed by atoms with Gasteiger partial charge in [-0.15, -0.1) is 0 Å². The maximum atomic E-state index is 5.29. The molecule has 8 heteroatoms. The van der Waals surface area contributed by atoms with Crippen molar-refractivity contribution < 1.29 is 0 Å². The van der Waals surface area contributed by atoms with Crippen LogP contribution in [0.25, 0.3) is 168 Å². The highest BCUT2D eigenvalue weighted by molar-refractivity contribution is 6.11. The fourth-order valence-electron chi connectivity index (χ4n) is 13.0. The van der Waals surface area contributed by atoms with Crippen LogP contribution in [0.2, 0.25) is 0 Å². The number of rotatable bonds is 12. The maximum absolute atomic E-state index is 5.29. The lowest BCUT2D eigenvalue weighted by molar-refractivity contribution is 1.07. The minimum atomic E-state index is 0.593. The predicted octanol–water partition coefficient (Wildman–Crippen LogP) is 20.9. The third kappa shape index (κ3) is 9.94. The van der Waals surface area contributed by atoms with Crippen LogP contribution in [-0.4, -0.2) is 39.0 Å². The van der Waals surface area contributed by atoms with Crippen molar-refractivity contribution in [2.45, 2.75) is 0 Å². The monoisotopic (exact) mass is 1170 g/mol. The van der Waals surface area contributed by atoms with Crippen LogP contribution < -0.4 is 0 Å². The van der Waals surface area contributed by atoms with Gasteiger partial charge in [-0.1, -0.05) is 255 Å². The molecule has 0 fully saturated rings. The standard InChI is InChI=1S/C84H54N8/c1-4-22-55(23-5-1)79-85-80(56-24-6-2-7-25-56)87-82(86-79)66-35-17-30-60(49-66)58-28-16-29-59(48-58)63-33-21-39-70(53-63)92-77-45-15-12-42-73(77)74-47-46-65(54-78(74)92)62-32-19-37-68(51-62)84-89-81(57-26-8-3-9-27-57)88-83(90-84)67-36-18-31-61(50-67)64-34-20-38-69(52-64)91-75-43-13-10-40-71(75)72-41-11-14-44-76(72)91/h1-54H. The van der Waals surface area contributed by atoms with Gasteiger partial charge in [-0.3, -0.25) is 0 Å². The van der Waals surface area contributed by atoms with Crippen LogP contribution in [0.1, 0.15) is 0 Å². The van der Waals surface area contributed by atoms with Gasteiger partial charge < -0.3 is 9.13 Å². The quantitative estimate of drug-likeness (QED) is 0.121. The lowest BCUT2D eigenvalue weighted by Crippen LogP contribution is -2.00. The Morgan fingerprint density at radius 2 is 0.391 bits per heavy atom. The van der Waals surface area contributed by atoms with E-state index in [0.29, 0.717) is 34.9 Å². The zero-order valence-electron chi connectivity index (χ0n) is 49.8. The normalized spacial score (nSPS) is 11.5. The van der Waals surface area contributed by atoms with Gasteiger partial charge in [0, 0.05) is 66.3 Å². The molecule has 13 aromatic carbocycles. The molecule has 0 saturated heterocycles. The topological polar surface area (TPSA) is 87.2 Å². The first-order chi connectivity index (χ1) is 45.6. The van der Waals surface area contributed by atoms with Crippen LogP contribution >= 0.6 is 0 Å². The molecule has 92 heavy (non-hydrogen) atoms. The van der Waals surface area contributed by atoms with Crippen LogP contribution in [0.15, 0.2) is 328 Å². The van der Waals surface area contributed by atoms with Gasteiger partial charge in [0.1, 0.15) is 0 Å². The van der Waals surface area contributed by atoms with Crippen LogP contribution in [0, 0.1) is 0 Å². The molecule has 0 aliphatic rings. The Labute approximate surface area is 531 Å². The summed E-state index contributed by atoms with van der Waals surface area (Å²) in [7, 11) is 0. The van der Waals surface area contributed by atoms with Crippen LogP contribution in [0.3, 0.4) is 0 Å². The number of fused-ring (bicyclic) bond motifs is 6. The highest BCUT2D eigenvalue weighted by Crippen LogP contribution is 2.40. The van der Waals surface area contributed by atoms with E-state index in [-0.39, 0.29) is 0 Å². The third-order valence-electron chi connectivity index (χ3n) is 17.4. The number of para-hydroxylation sites is 3. The molecule has 0 aliphatic carbocycles. The van der Waals surface area contributed by atoms with Crippen molar-refractivity contribution in [3.05, 3.63) is 328 Å². The minimum absolute atomic E-state index is 0.593. The Morgan fingerprint density at radius 3 is 0.750 bits per heavy atom. The van der Waals surface area contributed by atoms with Crippen LogP contribution in [0.4, 0.5) is 0 Å². The highest BCUT2D eigenvalue weighted by Gasteiger charge is 2.20. The van der Waals surface area contributed by atoms with Gasteiger partial charge in [-0.25, -0.2) is 29.9 Å². The van der Waals surface area contributed by atoms with Crippen LogP contribution in [0.5, 0.6) is 0 Å². The van der Waals surface area contributed by atoms with E-state index in [1.807, 2.05) is 78.9 Å². The van der Waals surface area contributed by atoms with Crippen molar-refractivity contribution in [1.82, 2.24) is 39.0 Å². The Morgan fingerprint density at radius 1 is 0.152 bits per heavy atom. The molecule has 0 bridgehead atoms. The zero-order valence-corrected chi connectivity index (χ0v) is 49.8. The van der Waals surface area contributed by atoms with Crippen molar-refractivity contribution in [1.29, 1.82) is 0 Å². The third-order valence-corrected chi connectivity index (χ3v) is 17.4. The molecule has 0 N–H and O–H groups in total. The first kappa shape index (κ1) is 53.7. The van der Waals surface area contributed by atoms with E-state index in [1.54, 1.807) is 0 Å². The van der Waals surface area contributed by atoms with E-state index in [0.717, 1.165) is 100 Å². The molecule has 0 atom stereocenters. The van der Waals surface area contributed by atoms with E-state index in [4.69, 9.17) is 29.9 Å². The molecule has 0 amide bonds. The van der Waals surface area contributed by atoms with E-state index >= 15 is 0 Å². The second kappa shape index (κ2) is 22.9. The number of nitrogens with zero attached hydrogens (tertiary/aromatic N) is 8. The van der Waals surface area contributed by atoms with Crippen LogP contribution in [-0.2, 0) is 0 Å². The van der Waals surface area contributed by atoms with Gasteiger partial charge in [0.2, 0.25) is 0 Å². The van der Waals surface area contributed by atoms with Crippen molar-refractivity contribution in [3.8, 4) is 124 Å². The van der Waals surface area contributed by atoms with Gasteiger partial charge in [0.05, 0.1) is 22.1 Å². The van der Waals surface area contributed by atoms with Crippen molar-refractivity contribution >= 4 is 43.6 Å². The molecule has 17 aromatic rings. The largest absolute Gasteiger partial charge is 0.309 e. The molecule has 0 aliphatic heterocycles. The van der Waals surface area contributed by atoms with E-state index in [9.17, 15) is 0 Å². The second-order valence-corrected chi connectivity index (χ2v) is 23.1. The highest BCUT2D eigenvalue weighted by atomic mass is 15.0. The molecule has 17 rings (SSSR count). The fourth-order valence-corrected chi connectivity index (χ4v) is 13.0. The number of benzene rings is 13. The van der Waals surface area contributed by atoms with E-state index < -0.39 is 0 Å². The molecule has 0 radical (unpaired) electrons. The van der Waals surface area contributed by atoms with E-state index in [2.05, 4.69) is 258 Å². The summed E-state index contributed by atoms with van der Waals surface area (Å²) in [5.74, 6) is 3.68. The number of hydrogen-bond acceptors (Lipinski definition) is 6. The lowest BCUT2D eigenvalue weighted by Gasteiger charge is -2.13. The molecule has 0 unspecified atom stereocenters. The Hall–Kier alpha value is -12.5. The molecular formula is C84H54N8. The average Bonchev–Trinajstić information content (AvgIpc) is 1.65. The fraction of sp³-hybridized carbons (Fsp3) is 0. The SMILES string of the molecule is c1ccc(-c2nc(-c3ccccc3)nc(-c3cccc(-c4cccc(-c5cccc(-n6c7ccccc7c7ccc(-c8cccc(-c9nc(-c%10ccccc%10)nc(-c%10cccc(-c%11cccc(-n%12c%13ccccc%13c%13ccccc%13%12)c%11)c%10)n9)c8)cc76)c5)c4)c3)n2)cc1. The number of aromatic nitrogens is 8. The minimum Gasteiger partial charge on any atom is -0.309 e. The average molecular weight is 1180 g/mol. The molecule has 4 aromatic heterocycles. The molecule has 4 heterocycles. The Kier molecular flexibility index (Phi) is 13.4. The predicted molar refractivity (Wildman–Crippen MR) is 376 cm³/mol. The van der Waals surface area contributed by atoms with Crippen molar-refractivity contribution in [3.63, 3.8) is 0 Å². The maximum Gasteiger partial charge on any atom is 0.164 e. The zero-order chi connectivity index (χ0) is 60.9.